The molecular formula is C65H110O6. The van der Waals surface area contributed by atoms with E-state index in [1.807, 2.05) is 0 Å². The number of esters is 3. The monoisotopic (exact) mass is 987 g/mol. The molecule has 0 amide bonds. The summed E-state index contributed by atoms with van der Waals surface area (Å²) in [7, 11) is 0. The van der Waals surface area contributed by atoms with Crippen LogP contribution in [0.3, 0.4) is 0 Å². The van der Waals surface area contributed by atoms with E-state index in [9.17, 15) is 14.4 Å². The van der Waals surface area contributed by atoms with Crippen molar-refractivity contribution in [2.75, 3.05) is 13.2 Å². The lowest BCUT2D eigenvalue weighted by molar-refractivity contribution is -0.167. The molecule has 0 saturated carbocycles. The van der Waals surface area contributed by atoms with Gasteiger partial charge in [0.1, 0.15) is 13.2 Å². The van der Waals surface area contributed by atoms with E-state index in [1.54, 1.807) is 0 Å². The molecule has 0 rings (SSSR count). The van der Waals surface area contributed by atoms with E-state index in [0.29, 0.717) is 19.3 Å². The molecule has 0 aromatic rings. The van der Waals surface area contributed by atoms with Crippen molar-refractivity contribution in [3.63, 3.8) is 0 Å². The van der Waals surface area contributed by atoms with Gasteiger partial charge in [-0.1, -0.05) is 253 Å². The molecule has 6 heteroatoms. The van der Waals surface area contributed by atoms with Crippen LogP contribution in [0.4, 0.5) is 0 Å². The Morgan fingerprint density at radius 2 is 0.549 bits per heavy atom. The molecular weight excluding hydrogens is 877 g/mol. The van der Waals surface area contributed by atoms with Gasteiger partial charge in [-0.15, -0.1) is 0 Å². The Balaban J connectivity index is 4.12. The van der Waals surface area contributed by atoms with E-state index >= 15 is 0 Å². The fraction of sp³-hybridized carbons (Fsp3) is 0.708. The SMILES string of the molecule is CC/C=C\C/C=C\C/C=C\C/C=C\C/C=C\C/C=C\CCCCC(=O)OC(COC(=O)CCCCCCC)COC(=O)CCCCCCCCCCCCCCCCC/C=C\C/C=C\CCCCCCC. The highest BCUT2D eigenvalue weighted by Gasteiger charge is 2.19. The Hall–Kier alpha value is -3.67. The van der Waals surface area contributed by atoms with Gasteiger partial charge in [0.15, 0.2) is 6.10 Å². The molecule has 0 N–H and O–H groups in total. The maximum absolute atomic E-state index is 12.8. The number of carbonyl (C=O) groups is 3. The molecule has 406 valence electrons. The van der Waals surface area contributed by atoms with Crippen LogP contribution in [0.15, 0.2) is 97.2 Å². The zero-order valence-electron chi connectivity index (χ0n) is 46.5. The van der Waals surface area contributed by atoms with Crippen LogP contribution in [-0.4, -0.2) is 37.2 Å². The van der Waals surface area contributed by atoms with Gasteiger partial charge in [0.05, 0.1) is 0 Å². The number of hydrogen-bond donors (Lipinski definition) is 0. The molecule has 0 aromatic carbocycles. The second-order valence-electron chi connectivity index (χ2n) is 19.5. The van der Waals surface area contributed by atoms with Gasteiger partial charge in [-0.05, 0) is 103 Å². The highest BCUT2D eigenvalue weighted by atomic mass is 16.6. The number of unbranched alkanes of at least 4 members (excludes halogenated alkanes) is 26. The van der Waals surface area contributed by atoms with Crippen molar-refractivity contribution in [3.05, 3.63) is 97.2 Å². The Labute approximate surface area is 438 Å². The molecule has 0 bridgehead atoms. The normalized spacial score (nSPS) is 12.8. The molecule has 1 unspecified atom stereocenters. The van der Waals surface area contributed by atoms with Gasteiger partial charge >= 0.3 is 17.9 Å². The molecule has 0 heterocycles. The number of hydrogen-bond acceptors (Lipinski definition) is 6. The predicted molar refractivity (Wildman–Crippen MR) is 307 cm³/mol. The van der Waals surface area contributed by atoms with E-state index in [4.69, 9.17) is 14.2 Å². The Morgan fingerprint density at radius 3 is 0.887 bits per heavy atom. The lowest BCUT2D eigenvalue weighted by atomic mass is 10.0. The second kappa shape index (κ2) is 58.9. The first-order chi connectivity index (χ1) is 35.0. The third kappa shape index (κ3) is 57.1. The van der Waals surface area contributed by atoms with Crippen LogP contribution in [0.25, 0.3) is 0 Å². The van der Waals surface area contributed by atoms with E-state index in [0.717, 1.165) is 109 Å². The van der Waals surface area contributed by atoms with Crippen molar-refractivity contribution in [1.29, 1.82) is 0 Å². The van der Waals surface area contributed by atoms with Gasteiger partial charge in [-0.3, -0.25) is 14.4 Å². The summed E-state index contributed by atoms with van der Waals surface area (Å²) in [6, 6.07) is 0. The van der Waals surface area contributed by atoms with Gasteiger partial charge in [-0.2, -0.15) is 0 Å². The van der Waals surface area contributed by atoms with Crippen LogP contribution in [-0.2, 0) is 28.6 Å². The van der Waals surface area contributed by atoms with Crippen molar-refractivity contribution in [3.8, 4) is 0 Å². The van der Waals surface area contributed by atoms with Gasteiger partial charge in [0.25, 0.3) is 0 Å². The summed E-state index contributed by atoms with van der Waals surface area (Å²) in [5.41, 5.74) is 0. The molecule has 0 aromatic heterocycles. The minimum atomic E-state index is -0.797. The maximum atomic E-state index is 12.8. The second-order valence-corrected chi connectivity index (χ2v) is 19.5. The zero-order chi connectivity index (χ0) is 51.4. The predicted octanol–water partition coefficient (Wildman–Crippen LogP) is 20.1. The molecule has 0 aliphatic heterocycles. The van der Waals surface area contributed by atoms with Crippen LogP contribution < -0.4 is 0 Å². The fourth-order valence-corrected chi connectivity index (χ4v) is 8.12. The van der Waals surface area contributed by atoms with E-state index in [2.05, 4.69) is 118 Å². The summed E-state index contributed by atoms with van der Waals surface area (Å²) >= 11 is 0. The average molecular weight is 988 g/mol. The van der Waals surface area contributed by atoms with Crippen LogP contribution in [0.2, 0.25) is 0 Å². The van der Waals surface area contributed by atoms with Crippen molar-refractivity contribution in [1.82, 2.24) is 0 Å². The molecule has 1 atom stereocenters. The highest BCUT2D eigenvalue weighted by molar-refractivity contribution is 5.71. The van der Waals surface area contributed by atoms with Crippen LogP contribution >= 0.6 is 0 Å². The van der Waals surface area contributed by atoms with E-state index < -0.39 is 6.10 Å². The van der Waals surface area contributed by atoms with Crippen molar-refractivity contribution >= 4 is 17.9 Å². The maximum Gasteiger partial charge on any atom is 0.306 e. The number of allylic oxidation sites excluding steroid dienone is 16. The van der Waals surface area contributed by atoms with Crippen molar-refractivity contribution < 1.29 is 28.6 Å². The van der Waals surface area contributed by atoms with Gasteiger partial charge in [0.2, 0.25) is 0 Å². The van der Waals surface area contributed by atoms with Crippen molar-refractivity contribution in [2.24, 2.45) is 0 Å². The Kier molecular flexibility index (Phi) is 55.9. The first-order valence-corrected chi connectivity index (χ1v) is 29.7. The van der Waals surface area contributed by atoms with E-state index in [-0.39, 0.29) is 37.5 Å². The summed E-state index contributed by atoms with van der Waals surface area (Å²) in [6.07, 6.45) is 78.9. The Morgan fingerprint density at radius 1 is 0.296 bits per heavy atom. The molecule has 0 radical (unpaired) electrons. The number of rotatable bonds is 53. The molecule has 0 aliphatic carbocycles. The molecule has 0 aliphatic rings. The first kappa shape index (κ1) is 67.3. The topological polar surface area (TPSA) is 78.9 Å². The molecule has 71 heavy (non-hydrogen) atoms. The summed E-state index contributed by atoms with van der Waals surface area (Å²) in [4.78, 5) is 37.8. The van der Waals surface area contributed by atoms with Gasteiger partial charge in [0, 0.05) is 19.3 Å². The fourth-order valence-electron chi connectivity index (χ4n) is 8.12. The van der Waals surface area contributed by atoms with Crippen LogP contribution in [0, 0.1) is 0 Å². The minimum Gasteiger partial charge on any atom is -0.462 e. The lowest BCUT2D eigenvalue weighted by Gasteiger charge is -2.18. The number of carbonyl (C=O) groups excluding carboxylic acids is 3. The van der Waals surface area contributed by atoms with Crippen LogP contribution in [0.5, 0.6) is 0 Å². The third-order valence-electron chi connectivity index (χ3n) is 12.6. The van der Waals surface area contributed by atoms with Gasteiger partial charge in [-0.25, -0.2) is 0 Å². The van der Waals surface area contributed by atoms with Crippen molar-refractivity contribution in [2.45, 2.75) is 284 Å². The number of ether oxygens (including phenoxy) is 3. The average Bonchev–Trinajstić information content (AvgIpc) is 3.37. The molecule has 0 saturated heterocycles. The summed E-state index contributed by atoms with van der Waals surface area (Å²) in [5.74, 6) is -0.950. The summed E-state index contributed by atoms with van der Waals surface area (Å²) in [5, 5.41) is 0. The summed E-state index contributed by atoms with van der Waals surface area (Å²) < 4.78 is 16.7. The van der Waals surface area contributed by atoms with Gasteiger partial charge < -0.3 is 14.2 Å². The molecule has 0 fully saturated rings. The smallest absolute Gasteiger partial charge is 0.306 e. The van der Waals surface area contributed by atoms with Crippen LogP contribution in [0.1, 0.15) is 278 Å². The minimum absolute atomic E-state index is 0.0947. The third-order valence-corrected chi connectivity index (χ3v) is 12.6. The zero-order valence-corrected chi connectivity index (χ0v) is 46.5. The van der Waals surface area contributed by atoms with E-state index in [1.165, 1.54) is 122 Å². The quantitative estimate of drug-likeness (QED) is 0.0261. The standard InChI is InChI=1S/C65H110O6/c1-4-7-10-13-15-17-19-21-23-25-27-29-30-31-32-33-34-36-37-39-41-43-45-47-49-52-55-58-64(67)70-61-62(60-69-63(66)57-54-51-12-9-6-3)71-65(68)59-56-53-50-48-46-44-42-40-38-35-28-26-24-22-20-18-16-14-11-8-5-2/h8,11,16,18-19,21-22,24-25,27-28,35,40,42,46,48,62H,4-7,9-10,12-15,17,20,23,26,29-34,36-39,41,43-45,47,49-61H2,1-3H3/b11-8-,18-16-,21-19-,24-22-,27-25-,35-28-,42-40-,48-46-. The first-order valence-electron chi connectivity index (χ1n) is 29.7. The molecule has 0 spiro atoms. The Bertz CT molecular complexity index is 1410. The summed E-state index contributed by atoms with van der Waals surface area (Å²) in [6.45, 7) is 6.40. The largest absolute Gasteiger partial charge is 0.462 e. The molecule has 6 nitrogen and oxygen atoms in total. The lowest BCUT2D eigenvalue weighted by Crippen LogP contribution is -2.30. The highest BCUT2D eigenvalue weighted by Crippen LogP contribution is 2.16.